The molecule has 1 N–H and O–H groups in total. The standard InChI is InChI=1S/C28H25NO3/c1-21-15-17-23(18-16-21)20-29-26-14-8-7-13-25(26)28(32,27(29)31)19-24(30)12-6-5-11-22-9-3-2-4-10-22/h2-18,32H,19-20H2,1H3/b11-5+,12-6+/t28-/m0/s1. The maximum Gasteiger partial charge on any atom is 0.264 e. The number of aryl methyl sites for hydroxylation is 1. The monoisotopic (exact) mass is 423 g/mol. The molecule has 0 bridgehead atoms. The van der Waals surface area contributed by atoms with Crippen LogP contribution < -0.4 is 4.90 Å². The summed E-state index contributed by atoms with van der Waals surface area (Å²) in [5.41, 5.74) is 2.36. The van der Waals surface area contributed by atoms with Crippen molar-refractivity contribution in [3.8, 4) is 0 Å². The molecule has 0 aromatic heterocycles. The van der Waals surface area contributed by atoms with E-state index in [-0.39, 0.29) is 12.2 Å². The lowest BCUT2D eigenvalue weighted by Gasteiger charge is -2.22. The van der Waals surface area contributed by atoms with Gasteiger partial charge in [0.05, 0.1) is 18.7 Å². The van der Waals surface area contributed by atoms with Crippen molar-refractivity contribution in [2.45, 2.75) is 25.5 Å². The normalized spacial score (nSPS) is 17.9. The van der Waals surface area contributed by atoms with Gasteiger partial charge in [0.25, 0.3) is 5.91 Å². The first-order valence-corrected chi connectivity index (χ1v) is 10.6. The number of anilines is 1. The molecule has 32 heavy (non-hydrogen) atoms. The van der Waals surface area contributed by atoms with Gasteiger partial charge in [-0.1, -0.05) is 96.6 Å². The number of fused-ring (bicyclic) bond motifs is 1. The number of amides is 1. The van der Waals surface area contributed by atoms with Gasteiger partial charge in [-0.2, -0.15) is 0 Å². The summed E-state index contributed by atoms with van der Waals surface area (Å²) in [7, 11) is 0. The molecule has 1 amide bonds. The van der Waals surface area contributed by atoms with Crippen LogP contribution in [0.1, 0.15) is 28.7 Å². The average molecular weight is 424 g/mol. The number of carbonyl (C=O) groups excluding carboxylic acids is 2. The summed E-state index contributed by atoms with van der Waals surface area (Å²) < 4.78 is 0. The number of hydrogen-bond acceptors (Lipinski definition) is 3. The van der Waals surface area contributed by atoms with Crippen LogP contribution in [0.25, 0.3) is 6.08 Å². The van der Waals surface area contributed by atoms with Crippen LogP contribution in [-0.4, -0.2) is 16.8 Å². The van der Waals surface area contributed by atoms with E-state index in [1.54, 1.807) is 29.2 Å². The number of rotatable bonds is 7. The fraction of sp³-hybridized carbons (Fsp3) is 0.143. The SMILES string of the molecule is Cc1ccc(CN2C(=O)[C@](O)(CC(=O)/C=C/C=C/c3ccccc3)c3ccccc32)cc1. The Kier molecular flexibility index (Phi) is 6.15. The number of allylic oxidation sites excluding steroid dienone is 3. The summed E-state index contributed by atoms with van der Waals surface area (Å²) in [6.45, 7) is 2.34. The number of aliphatic hydroxyl groups is 1. The fourth-order valence-electron chi connectivity index (χ4n) is 3.92. The molecular formula is C28H25NO3. The largest absolute Gasteiger partial charge is 0.375 e. The van der Waals surface area contributed by atoms with Crippen molar-refractivity contribution in [3.05, 3.63) is 119 Å². The van der Waals surface area contributed by atoms with Gasteiger partial charge in [0.2, 0.25) is 0 Å². The molecule has 0 aliphatic carbocycles. The Morgan fingerprint density at radius 1 is 0.938 bits per heavy atom. The van der Waals surface area contributed by atoms with Crippen molar-refractivity contribution in [2.24, 2.45) is 0 Å². The molecule has 0 radical (unpaired) electrons. The van der Waals surface area contributed by atoms with E-state index >= 15 is 0 Å². The molecule has 3 aromatic rings. The van der Waals surface area contributed by atoms with Crippen LogP contribution in [-0.2, 0) is 21.7 Å². The van der Waals surface area contributed by atoms with E-state index in [9.17, 15) is 14.7 Å². The lowest BCUT2D eigenvalue weighted by Crippen LogP contribution is -2.41. The molecule has 4 rings (SSSR count). The van der Waals surface area contributed by atoms with Crippen LogP contribution in [0.4, 0.5) is 5.69 Å². The second-order valence-corrected chi connectivity index (χ2v) is 8.03. The predicted molar refractivity (Wildman–Crippen MR) is 127 cm³/mol. The van der Waals surface area contributed by atoms with Gasteiger partial charge in [0.1, 0.15) is 0 Å². The summed E-state index contributed by atoms with van der Waals surface area (Å²) >= 11 is 0. The molecule has 3 aromatic carbocycles. The van der Waals surface area contributed by atoms with Crippen LogP contribution in [0.15, 0.2) is 97.1 Å². The number of nitrogens with zero attached hydrogens (tertiary/aromatic N) is 1. The van der Waals surface area contributed by atoms with Crippen molar-refractivity contribution < 1.29 is 14.7 Å². The molecule has 0 unspecified atom stereocenters. The van der Waals surface area contributed by atoms with Crippen LogP contribution in [0.2, 0.25) is 0 Å². The smallest absolute Gasteiger partial charge is 0.264 e. The molecule has 0 spiro atoms. The zero-order valence-electron chi connectivity index (χ0n) is 17.9. The number of benzene rings is 3. The summed E-state index contributed by atoms with van der Waals surface area (Å²) in [4.78, 5) is 27.5. The molecule has 4 nitrogen and oxygen atoms in total. The van der Waals surface area contributed by atoms with E-state index in [1.165, 1.54) is 6.08 Å². The first kappa shape index (κ1) is 21.5. The van der Waals surface area contributed by atoms with Crippen molar-refractivity contribution in [1.82, 2.24) is 0 Å². The second kappa shape index (κ2) is 9.16. The molecule has 1 heterocycles. The Balaban J connectivity index is 1.52. The summed E-state index contributed by atoms with van der Waals surface area (Å²) in [5, 5.41) is 11.3. The summed E-state index contributed by atoms with van der Waals surface area (Å²) in [5.74, 6) is -0.786. The van der Waals surface area contributed by atoms with Gasteiger partial charge in [0.15, 0.2) is 11.4 Å². The average Bonchev–Trinajstić information content (AvgIpc) is 3.01. The third-order valence-electron chi connectivity index (χ3n) is 5.61. The number of para-hydroxylation sites is 1. The molecule has 160 valence electrons. The Bertz CT molecular complexity index is 1180. The minimum atomic E-state index is -1.87. The maximum atomic E-state index is 13.3. The minimum absolute atomic E-state index is 0.303. The second-order valence-electron chi connectivity index (χ2n) is 8.03. The highest BCUT2D eigenvalue weighted by Gasteiger charge is 2.50. The Morgan fingerprint density at radius 2 is 1.62 bits per heavy atom. The third kappa shape index (κ3) is 4.46. The van der Waals surface area contributed by atoms with E-state index in [4.69, 9.17) is 0 Å². The van der Waals surface area contributed by atoms with Crippen LogP contribution in [0, 0.1) is 6.92 Å². The maximum absolute atomic E-state index is 13.3. The van der Waals surface area contributed by atoms with E-state index in [2.05, 4.69) is 0 Å². The first-order chi connectivity index (χ1) is 15.5. The highest BCUT2D eigenvalue weighted by Crippen LogP contribution is 2.43. The zero-order valence-corrected chi connectivity index (χ0v) is 17.9. The van der Waals surface area contributed by atoms with Gasteiger partial charge >= 0.3 is 0 Å². The van der Waals surface area contributed by atoms with E-state index in [0.29, 0.717) is 17.8 Å². The molecule has 0 saturated heterocycles. The predicted octanol–water partition coefficient (Wildman–Crippen LogP) is 4.96. The van der Waals surface area contributed by atoms with Crippen molar-refractivity contribution in [1.29, 1.82) is 0 Å². The highest BCUT2D eigenvalue weighted by molar-refractivity contribution is 6.09. The van der Waals surface area contributed by atoms with Crippen LogP contribution in [0.3, 0.4) is 0 Å². The molecule has 1 aliphatic rings. The van der Waals surface area contributed by atoms with E-state index < -0.39 is 11.5 Å². The molecule has 1 aliphatic heterocycles. The van der Waals surface area contributed by atoms with E-state index in [0.717, 1.165) is 16.7 Å². The molecule has 1 atom stereocenters. The summed E-state index contributed by atoms with van der Waals surface area (Å²) in [6, 6.07) is 24.8. The Labute approximate surface area is 188 Å². The Hall–Kier alpha value is -3.76. The summed E-state index contributed by atoms with van der Waals surface area (Å²) in [6.07, 6.45) is 6.39. The van der Waals surface area contributed by atoms with Crippen LogP contribution >= 0.6 is 0 Å². The van der Waals surface area contributed by atoms with Crippen molar-refractivity contribution in [3.63, 3.8) is 0 Å². The quantitative estimate of drug-likeness (QED) is 0.432. The van der Waals surface area contributed by atoms with Gasteiger partial charge in [-0.25, -0.2) is 0 Å². The Morgan fingerprint density at radius 3 is 2.38 bits per heavy atom. The van der Waals surface area contributed by atoms with Gasteiger partial charge < -0.3 is 10.0 Å². The van der Waals surface area contributed by atoms with Gasteiger partial charge in [-0.15, -0.1) is 0 Å². The first-order valence-electron chi connectivity index (χ1n) is 10.6. The van der Waals surface area contributed by atoms with E-state index in [1.807, 2.05) is 79.7 Å². The van der Waals surface area contributed by atoms with Crippen molar-refractivity contribution >= 4 is 23.5 Å². The van der Waals surface area contributed by atoms with Gasteiger partial charge in [-0.3, -0.25) is 9.59 Å². The molecular weight excluding hydrogens is 398 g/mol. The van der Waals surface area contributed by atoms with Crippen LogP contribution in [0.5, 0.6) is 0 Å². The lowest BCUT2D eigenvalue weighted by atomic mass is 9.90. The molecule has 0 fully saturated rings. The number of ketones is 1. The molecule has 4 heteroatoms. The highest BCUT2D eigenvalue weighted by atomic mass is 16.3. The topological polar surface area (TPSA) is 57.6 Å². The number of carbonyl (C=O) groups is 2. The van der Waals surface area contributed by atoms with Crippen molar-refractivity contribution in [2.75, 3.05) is 4.90 Å². The number of hydrogen-bond donors (Lipinski definition) is 1. The molecule has 0 saturated carbocycles. The minimum Gasteiger partial charge on any atom is -0.375 e. The van der Waals surface area contributed by atoms with Gasteiger partial charge in [0, 0.05) is 5.56 Å². The third-order valence-corrected chi connectivity index (χ3v) is 5.61. The fourth-order valence-corrected chi connectivity index (χ4v) is 3.92. The van der Waals surface area contributed by atoms with Gasteiger partial charge in [-0.05, 0) is 30.2 Å². The zero-order chi connectivity index (χ0) is 22.6. The lowest BCUT2D eigenvalue weighted by molar-refractivity contribution is -0.140.